The fourth-order valence-corrected chi connectivity index (χ4v) is 4.39. The molecule has 0 aliphatic heterocycles. The second-order valence-electron chi connectivity index (χ2n) is 6.59. The van der Waals surface area contributed by atoms with Crippen LogP contribution in [0.25, 0.3) is 0 Å². The Balaban J connectivity index is 1.79. The van der Waals surface area contributed by atoms with Crippen molar-refractivity contribution in [3.05, 3.63) is 83.9 Å². The maximum absolute atomic E-state index is 12.6. The topological polar surface area (TPSA) is 86.7 Å². The Morgan fingerprint density at radius 3 is 1.15 bits per heavy atom. The molecule has 0 radical (unpaired) electrons. The first-order valence-electron chi connectivity index (χ1n) is 8.91. The molecule has 3 rings (SSSR count). The molecule has 34 heavy (non-hydrogen) atoms. The minimum absolute atomic E-state index is 0.431. The van der Waals surface area contributed by atoms with Crippen molar-refractivity contribution >= 4 is 20.2 Å². The number of hydrogen-bond acceptors (Lipinski definition) is 6. The van der Waals surface area contributed by atoms with Crippen LogP contribution < -0.4 is 8.37 Å². The molecule has 0 heterocycles. The second-order valence-corrected chi connectivity index (χ2v) is 9.69. The van der Waals surface area contributed by atoms with Gasteiger partial charge in [-0.3, -0.25) is 0 Å². The van der Waals surface area contributed by atoms with Gasteiger partial charge in [0.15, 0.2) is 0 Å². The van der Waals surface area contributed by atoms with Crippen molar-refractivity contribution in [3.8, 4) is 11.5 Å². The molecule has 0 amide bonds. The van der Waals surface area contributed by atoms with E-state index in [1.165, 1.54) is 0 Å². The lowest BCUT2D eigenvalue weighted by Crippen LogP contribution is -2.12. The predicted molar refractivity (Wildman–Crippen MR) is 105 cm³/mol. The molecular formula is C20H12F6O6S2. The molecule has 0 atom stereocenters. The predicted octanol–water partition coefficient (Wildman–Crippen LogP) is 5.26. The van der Waals surface area contributed by atoms with Gasteiger partial charge in [-0.05, 0) is 60.7 Å². The first-order valence-corrected chi connectivity index (χ1v) is 11.7. The van der Waals surface area contributed by atoms with E-state index in [1.807, 2.05) is 0 Å². The van der Waals surface area contributed by atoms with Crippen LogP contribution in [0.2, 0.25) is 0 Å². The SMILES string of the molecule is O=S(=O)(Oc1cccc(OS(=O)(=O)c2ccc(C(F)(F)F)cc2)c1)c1ccc(C(F)(F)F)cc1. The van der Waals surface area contributed by atoms with E-state index in [4.69, 9.17) is 8.37 Å². The van der Waals surface area contributed by atoms with Crippen LogP contribution in [-0.4, -0.2) is 16.8 Å². The number of rotatable bonds is 6. The molecular weight excluding hydrogens is 514 g/mol. The summed E-state index contributed by atoms with van der Waals surface area (Å²) in [7, 11) is -9.17. The molecule has 0 aliphatic carbocycles. The fraction of sp³-hybridized carbons (Fsp3) is 0.100. The van der Waals surface area contributed by atoms with Gasteiger partial charge in [0.2, 0.25) is 0 Å². The third kappa shape index (κ3) is 5.99. The molecule has 0 N–H and O–H groups in total. The highest BCUT2D eigenvalue weighted by Gasteiger charge is 2.32. The average Bonchev–Trinajstić information content (AvgIpc) is 2.72. The van der Waals surface area contributed by atoms with E-state index in [0.29, 0.717) is 48.5 Å². The van der Waals surface area contributed by atoms with E-state index in [9.17, 15) is 43.2 Å². The van der Waals surface area contributed by atoms with Gasteiger partial charge in [0.25, 0.3) is 0 Å². The van der Waals surface area contributed by atoms with Crippen LogP contribution in [0, 0.1) is 0 Å². The van der Waals surface area contributed by atoms with Crippen LogP contribution in [-0.2, 0) is 32.6 Å². The van der Waals surface area contributed by atoms with Crippen molar-refractivity contribution in [3.63, 3.8) is 0 Å². The molecule has 3 aromatic carbocycles. The first-order chi connectivity index (χ1) is 15.6. The van der Waals surface area contributed by atoms with Gasteiger partial charge < -0.3 is 8.37 Å². The summed E-state index contributed by atoms with van der Waals surface area (Å²) in [5, 5.41) is 0. The Morgan fingerprint density at radius 1 is 0.529 bits per heavy atom. The van der Waals surface area contributed by atoms with Gasteiger partial charge in [-0.1, -0.05) is 6.07 Å². The summed E-state index contributed by atoms with van der Waals surface area (Å²) in [5.74, 6) is -0.861. The molecule has 0 aliphatic rings. The van der Waals surface area contributed by atoms with Crippen molar-refractivity contribution in [2.45, 2.75) is 22.1 Å². The Bertz CT molecular complexity index is 1270. The summed E-state index contributed by atoms with van der Waals surface area (Å²) < 4.78 is 135. The van der Waals surface area contributed by atoms with Crippen LogP contribution in [0.5, 0.6) is 11.5 Å². The lowest BCUT2D eigenvalue weighted by Gasteiger charge is -2.11. The largest absolute Gasteiger partial charge is 0.416 e. The maximum atomic E-state index is 12.6. The quantitative estimate of drug-likeness (QED) is 0.322. The van der Waals surface area contributed by atoms with E-state index in [1.54, 1.807) is 0 Å². The highest BCUT2D eigenvalue weighted by Crippen LogP contribution is 2.32. The Morgan fingerprint density at radius 2 is 0.853 bits per heavy atom. The molecule has 3 aromatic rings. The standard InChI is InChI=1S/C20H12F6O6S2/c21-19(22,23)13-4-8-17(9-5-13)33(27,28)31-15-2-1-3-16(12-15)32-34(29,30)18-10-6-14(7-11-18)20(24,25)26/h1-12H. The number of halogens is 6. The van der Waals surface area contributed by atoms with Crippen molar-refractivity contribution in [1.29, 1.82) is 0 Å². The summed E-state index contributed by atoms with van der Waals surface area (Å²) >= 11 is 0. The molecule has 0 aromatic heterocycles. The number of hydrogen-bond donors (Lipinski definition) is 0. The minimum atomic E-state index is -4.67. The normalized spacial score (nSPS) is 12.9. The van der Waals surface area contributed by atoms with Gasteiger partial charge in [0.05, 0.1) is 11.1 Å². The van der Waals surface area contributed by atoms with E-state index >= 15 is 0 Å². The first kappa shape index (κ1) is 25.4. The van der Waals surface area contributed by atoms with E-state index in [0.717, 1.165) is 24.3 Å². The second kappa shape index (κ2) is 8.83. The van der Waals surface area contributed by atoms with Crippen LogP contribution >= 0.6 is 0 Å². The average molecular weight is 526 g/mol. The molecule has 0 saturated carbocycles. The van der Waals surface area contributed by atoms with Gasteiger partial charge in [-0.25, -0.2) is 0 Å². The summed E-state index contributed by atoms with van der Waals surface area (Å²) in [5.41, 5.74) is -2.15. The minimum Gasteiger partial charge on any atom is -0.379 e. The molecule has 0 bridgehead atoms. The van der Waals surface area contributed by atoms with Crippen molar-refractivity contribution in [2.24, 2.45) is 0 Å². The van der Waals surface area contributed by atoms with Crippen LogP contribution in [0.4, 0.5) is 26.3 Å². The zero-order valence-electron chi connectivity index (χ0n) is 16.5. The van der Waals surface area contributed by atoms with E-state index in [2.05, 4.69) is 0 Å². The molecule has 0 fully saturated rings. The molecule has 0 unspecified atom stereocenters. The van der Waals surface area contributed by atoms with Gasteiger partial charge in [0, 0.05) is 6.07 Å². The third-order valence-corrected chi connectivity index (χ3v) is 6.68. The summed E-state index contributed by atoms with van der Waals surface area (Å²) in [6.07, 6.45) is -9.35. The van der Waals surface area contributed by atoms with E-state index in [-0.39, 0.29) is 0 Å². The van der Waals surface area contributed by atoms with Crippen molar-refractivity contribution < 1.29 is 51.5 Å². The summed E-state index contributed by atoms with van der Waals surface area (Å²) in [4.78, 5) is -1.19. The fourth-order valence-electron chi connectivity index (χ4n) is 2.55. The van der Waals surface area contributed by atoms with Gasteiger partial charge in [-0.15, -0.1) is 0 Å². The van der Waals surface area contributed by atoms with Crippen molar-refractivity contribution in [2.75, 3.05) is 0 Å². The third-order valence-electron chi connectivity index (χ3n) is 4.16. The summed E-state index contributed by atoms with van der Waals surface area (Å²) in [6.45, 7) is 0. The lowest BCUT2D eigenvalue weighted by atomic mass is 10.2. The monoisotopic (exact) mass is 526 g/mol. The Labute approximate surface area is 189 Å². The Kier molecular flexibility index (Phi) is 6.59. The number of alkyl halides is 6. The molecule has 0 saturated heterocycles. The van der Waals surface area contributed by atoms with Crippen molar-refractivity contribution in [1.82, 2.24) is 0 Å². The molecule has 182 valence electrons. The highest BCUT2D eigenvalue weighted by atomic mass is 32.2. The zero-order chi connectivity index (χ0) is 25.4. The highest BCUT2D eigenvalue weighted by molar-refractivity contribution is 7.87. The van der Waals surface area contributed by atoms with Gasteiger partial charge in [0.1, 0.15) is 21.3 Å². The van der Waals surface area contributed by atoms with E-state index < -0.39 is 65.0 Å². The maximum Gasteiger partial charge on any atom is 0.416 e. The summed E-state index contributed by atoms with van der Waals surface area (Å²) in [6, 6.07) is 9.19. The molecule has 6 nitrogen and oxygen atoms in total. The van der Waals surface area contributed by atoms with Gasteiger partial charge >= 0.3 is 32.6 Å². The Hall–Kier alpha value is -3.26. The molecule has 14 heteroatoms. The van der Waals surface area contributed by atoms with Crippen LogP contribution in [0.3, 0.4) is 0 Å². The van der Waals surface area contributed by atoms with Gasteiger partial charge in [-0.2, -0.15) is 43.2 Å². The molecule has 0 spiro atoms. The zero-order valence-corrected chi connectivity index (χ0v) is 18.1. The smallest absolute Gasteiger partial charge is 0.379 e. The van der Waals surface area contributed by atoms with Crippen LogP contribution in [0.15, 0.2) is 82.6 Å². The lowest BCUT2D eigenvalue weighted by molar-refractivity contribution is -0.138. The number of benzene rings is 3. The van der Waals surface area contributed by atoms with Crippen LogP contribution in [0.1, 0.15) is 11.1 Å².